The van der Waals surface area contributed by atoms with E-state index in [1.807, 2.05) is 0 Å². The van der Waals surface area contributed by atoms with E-state index in [0.717, 1.165) is 10.6 Å². The zero-order valence-corrected chi connectivity index (χ0v) is 15.7. The van der Waals surface area contributed by atoms with E-state index in [0.29, 0.717) is 16.5 Å². The predicted molar refractivity (Wildman–Crippen MR) is 108 cm³/mol. The highest BCUT2D eigenvalue weighted by Crippen LogP contribution is 2.28. The molecule has 2 aliphatic rings. The summed E-state index contributed by atoms with van der Waals surface area (Å²) < 4.78 is 19.3. The fourth-order valence-electron chi connectivity index (χ4n) is 2.69. The summed E-state index contributed by atoms with van der Waals surface area (Å²) in [6.07, 6.45) is 1.60. The van der Waals surface area contributed by atoms with E-state index in [4.69, 9.17) is 10.1 Å². The van der Waals surface area contributed by atoms with Crippen LogP contribution in [0.4, 0.5) is 4.39 Å². The lowest BCUT2D eigenvalue weighted by Crippen LogP contribution is -2.35. The number of carbonyl (C=O) groups is 1. The molecule has 0 spiro atoms. The van der Waals surface area contributed by atoms with Crippen LogP contribution in [0.3, 0.4) is 0 Å². The van der Waals surface area contributed by atoms with Crippen molar-refractivity contribution in [1.82, 2.24) is 5.01 Å². The quantitative estimate of drug-likeness (QED) is 0.794. The van der Waals surface area contributed by atoms with Gasteiger partial charge in [-0.3, -0.25) is 10.2 Å². The molecule has 6 nitrogen and oxygen atoms in total. The third-order valence-corrected chi connectivity index (χ3v) is 4.92. The van der Waals surface area contributed by atoms with E-state index in [1.54, 1.807) is 55.5 Å². The molecule has 0 fully saturated rings. The largest absolute Gasteiger partial charge is 0.489 e. The maximum atomic E-state index is 13.6. The maximum absolute atomic E-state index is 13.6. The number of halogens is 1. The zero-order valence-electron chi connectivity index (χ0n) is 14.8. The summed E-state index contributed by atoms with van der Waals surface area (Å²) in [5, 5.41) is 14.9. The van der Waals surface area contributed by atoms with Gasteiger partial charge in [0.1, 0.15) is 18.2 Å². The Labute approximate surface area is 164 Å². The number of hydrogen-bond donors (Lipinski definition) is 1. The molecule has 0 unspecified atom stereocenters. The topological polar surface area (TPSA) is 78.1 Å². The van der Waals surface area contributed by atoms with Crippen molar-refractivity contribution >= 4 is 39.8 Å². The Bertz CT molecular complexity index is 1060. The van der Waals surface area contributed by atoms with Gasteiger partial charge in [0.25, 0.3) is 5.91 Å². The Morgan fingerprint density at radius 2 is 1.96 bits per heavy atom. The molecule has 0 radical (unpaired) electrons. The molecule has 0 atom stereocenters. The van der Waals surface area contributed by atoms with E-state index in [-0.39, 0.29) is 23.8 Å². The second-order valence-corrected chi connectivity index (χ2v) is 7.25. The molecule has 0 bridgehead atoms. The van der Waals surface area contributed by atoms with Crippen LogP contribution in [-0.4, -0.2) is 27.0 Å². The minimum absolute atomic E-state index is 0.000714. The van der Waals surface area contributed by atoms with Crippen molar-refractivity contribution in [3.63, 3.8) is 0 Å². The summed E-state index contributed by atoms with van der Waals surface area (Å²) in [7, 11) is 0. The van der Waals surface area contributed by atoms with Crippen LogP contribution in [0.15, 0.2) is 64.2 Å². The molecule has 2 aliphatic heterocycles. The SMILES string of the molecule is CC1=NN2C(=N)/C(=C/c3ccc(OCc4ccccc4F)cc3)C(=O)N=C2S1. The molecule has 1 amide bonds. The number of aliphatic imine (C=N–C) groups is 1. The summed E-state index contributed by atoms with van der Waals surface area (Å²) in [6, 6.07) is 13.4. The number of hydrogen-bond acceptors (Lipinski definition) is 5. The van der Waals surface area contributed by atoms with Gasteiger partial charge in [-0.05, 0) is 48.5 Å². The number of amidine groups is 2. The van der Waals surface area contributed by atoms with Gasteiger partial charge in [-0.15, -0.1) is 0 Å². The number of rotatable bonds is 4. The van der Waals surface area contributed by atoms with Crippen LogP contribution in [0.5, 0.6) is 5.75 Å². The third-order valence-electron chi connectivity index (χ3n) is 4.10. The lowest BCUT2D eigenvalue weighted by molar-refractivity contribution is -0.114. The van der Waals surface area contributed by atoms with Gasteiger partial charge in [0.05, 0.1) is 10.6 Å². The molecule has 2 heterocycles. The van der Waals surface area contributed by atoms with Crippen LogP contribution in [-0.2, 0) is 11.4 Å². The van der Waals surface area contributed by atoms with E-state index in [2.05, 4.69) is 10.1 Å². The summed E-state index contributed by atoms with van der Waals surface area (Å²) >= 11 is 1.27. The molecular formula is C20H15FN4O2S. The predicted octanol–water partition coefficient (Wildman–Crippen LogP) is 4.04. The van der Waals surface area contributed by atoms with Crippen molar-refractivity contribution in [2.75, 3.05) is 0 Å². The average molecular weight is 394 g/mol. The lowest BCUT2D eigenvalue weighted by Gasteiger charge is -2.20. The lowest BCUT2D eigenvalue weighted by atomic mass is 10.1. The fraction of sp³-hybridized carbons (Fsp3) is 0.100. The number of fused-ring (bicyclic) bond motifs is 1. The van der Waals surface area contributed by atoms with Crippen LogP contribution in [0.1, 0.15) is 18.1 Å². The van der Waals surface area contributed by atoms with E-state index in [9.17, 15) is 9.18 Å². The standard InChI is InChI=1S/C20H15FN4O2S/c1-12-24-25-18(22)16(19(26)23-20(25)28-12)10-13-6-8-15(9-7-13)27-11-14-4-2-3-5-17(14)21/h2-10,22H,11H2,1H3/b16-10-,22-18?. The first-order chi connectivity index (χ1) is 13.5. The van der Waals surface area contributed by atoms with Gasteiger partial charge in [0, 0.05) is 5.56 Å². The minimum Gasteiger partial charge on any atom is -0.489 e. The molecular weight excluding hydrogens is 379 g/mol. The summed E-state index contributed by atoms with van der Waals surface area (Å²) in [5.74, 6) is -0.198. The van der Waals surface area contributed by atoms with Gasteiger partial charge in [-0.1, -0.05) is 30.3 Å². The van der Waals surface area contributed by atoms with Crippen LogP contribution in [0.25, 0.3) is 6.08 Å². The summed E-state index contributed by atoms with van der Waals surface area (Å²) in [4.78, 5) is 16.3. The van der Waals surface area contributed by atoms with Crippen LogP contribution in [0, 0.1) is 11.2 Å². The number of thioether (sulfide) groups is 1. The number of amides is 1. The highest BCUT2D eigenvalue weighted by molar-refractivity contribution is 8.26. The molecule has 2 aromatic rings. The average Bonchev–Trinajstić information content (AvgIpc) is 3.06. The molecule has 0 saturated heterocycles. The second-order valence-electron chi connectivity index (χ2n) is 6.09. The van der Waals surface area contributed by atoms with Gasteiger partial charge in [-0.25, -0.2) is 4.39 Å². The van der Waals surface area contributed by atoms with Gasteiger partial charge < -0.3 is 4.74 Å². The molecule has 0 aliphatic carbocycles. The van der Waals surface area contributed by atoms with E-state index >= 15 is 0 Å². The number of carbonyl (C=O) groups excluding carboxylic acids is 1. The number of nitrogens with zero attached hydrogens (tertiary/aromatic N) is 3. The summed E-state index contributed by atoms with van der Waals surface area (Å²) in [5.41, 5.74) is 1.36. The molecule has 28 heavy (non-hydrogen) atoms. The molecule has 0 saturated carbocycles. The Kier molecular flexibility index (Phi) is 4.79. The normalized spacial score (nSPS) is 17.5. The first-order valence-electron chi connectivity index (χ1n) is 8.44. The monoisotopic (exact) mass is 394 g/mol. The number of nitrogens with one attached hydrogen (secondary N) is 1. The van der Waals surface area contributed by atoms with Gasteiger partial charge in [-0.2, -0.15) is 15.1 Å². The fourth-order valence-corrected chi connectivity index (χ4v) is 3.43. The molecule has 1 N–H and O–H groups in total. The highest BCUT2D eigenvalue weighted by atomic mass is 32.2. The van der Waals surface area contributed by atoms with Gasteiger partial charge >= 0.3 is 0 Å². The minimum atomic E-state index is -0.464. The Hall–Kier alpha value is -3.26. The number of hydrazone groups is 1. The smallest absolute Gasteiger partial charge is 0.283 e. The highest BCUT2D eigenvalue weighted by Gasteiger charge is 2.34. The first-order valence-corrected chi connectivity index (χ1v) is 9.26. The van der Waals surface area contributed by atoms with Crippen molar-refractivity contribution in [3.8, 4) is 5.75 Å². The van der Waals surface area contributed by atoms with Crippen molar-refractivity contribution < 1.29 is 13.9 Å². The Balaban J connectivity index is 1.49. The maximum Gasteiger partial charge on any atom is 0.283 e. The van der Waals surface area contributed by atoms with Crippen molar-refractivity contribution in [2.45, 2.75) is 13.5 Å². The van der Waals surface area contributed by atoms with E-state index < -0.39 is 5.91 Å². The van der Waals surface area contributed by atoms with Crippen molar-refractivity contribution in [2.24, 2.45) is 10.1 Å². The number of benzene rings is 2. The van der Waals surface area contributed by atoms with Crippen LogP contribution in [0.2, 0.25) is 0 Å². The van der Waals surface area contributed by atoms with Crippen molar-refractivity contribution in [1.29, 1.82) is 5.41 Å². The van der Waals surface area contributed by atoms with E-state index in [1.165, 1.54) is 22.8 Å². The molecule has 4 rings (SSSR count). The van der Waals surface area contributed by atoms with Crippen LogP contribution < -0.4 is 4.74 Å². The molecule has 2 aromatic carbocycles. The first kappa shape index (κ1) is 18.1. The summed E-state index contributed by atoms with van der Waals surface area (Å²) in [6.45, 7) is 1.92. The van der Waals surface area contributed by atoms with Crippen molar-refractivity contribution in [3.05, 3.63) is 71.0 Å². The molecule has 140 valence electrons. The van der Waals surface area contributed by atoms with Gasteiger partial charge in [0.15, 0.2) is 5.84 Å². The van der Waals surface area contributed by atoms with Gasteiger partial charge in [0.2, 0.25) is 5.17 Å². The molecule has 8 heteroatoms. The Morgan fingerprint density at radius 1 is 1.21 bits per heavy atom. The zero-order chi connectivity index (χ0) is 19.7. The third kappa shape index (κ3) is 3.59. The number of ether oxygens (including phenoxy) is 1. The Morgan fingerprint density at radius 3 is 2.71 bits per heavy atom. The molecule has 0 aromatic heterocycles. The second kappa shape index (κ2) is 7.40. The van der Waals surface area contributed by atoms with Crippen LogP contribution >= 0.6 is 11.8 Å².